The molecule has 2 N–H and O–H groups in total. The van der Waals surface area contributed by atoms with Gasteiger partial charge in [0.1, 0.15) is 5.82 Å². The maximum Gasteiger partial charge on any atom is 0.321 e. The molecule has 156 valence electrons. The van der Waals surface area contributed by atoms with Crippen LogP contribution in [0, 0.1) is 13.8 Å². The van der Waals surface area contributed by atoms with Crippen LogP contribution in [0.3, 0.4) is 0 Å². The molecular formula is C22H27N7O. The molecule has 4 rings (SSSR count). The van der Waals surface area contributed by atoms with Gasteiger partial charge in [0.2, 0.25) is 0 Å². The molecule has 0 aliphatic carbocycles. The molecule has 0 bridgehead atoms. The molecule has 2 amide bonds. The van der Waals surface area contributed by atoms with Crippen molar-refractivity contribution in [1.82, 2.24) is 25.1 Å². The third kappa shape index (κ3) is 3.98. The summed E-state index contributed by atoms with van der Waals surface area (Å²) < 4.78 is 2.05. The van der Waals surface area contributed by atoms with Gasteiger partial charge in [-0.05, 0) is 50.6 Å². The van der Waals surface area contributed by atoms with Gasteiger partial charge in [0.15, 0.2) is 5.82 Å². The highest BCUT2D eigenvalue weighted by atomic mass is 16.2. The fraction of sp³-hybridized carbons (Fsp3) is 0.364. The number of anilines is 3. The number of benzene rings is 1. The van der Waals surface area contributed by atoms with Crippen LogP contribution in [0.1, 0.15) is 31.2 Å². The number of nitrogens with one attached hydrogen (secondary N) is 2. The van der Waals surface area contributed by atoms with Crippen LogP contribution >= 0.6 is 0 Å². The molecular weight excluding hydrogens is 378 g/mol. The second-order valence-corrected chi connectivity index (χ2v) is 7.44. The molecule has 0 unspecified atom stereocenters. The molecule has 1 fully saturated rings. The average molecular weight is 406 g/mol. The highest BCUT2D eigenvalue weighted by Gasteiger charge is 2.21. The number of urea groups is 1. The number of hydrogen-bond donors (Lipinski definition) is 2. The number of nitrogens with zero attached hydrogens (tertiary/aromatic N) is 5. The molecule has 8 heteroatoms. The van der Waals surface area contributed by atoms with Crippen molar-refractivity contribution in [2.45, 2.75) is 40.2 Å². The van der Waals surface area contributed by atoms with Crippen LogP contribution in [0.2, 0.25) is 0 Å². The molecule has 0 spiro atoms. The lowest BCUT2D eigenvalue weighted by Crippen LogP contribution is -2.27. The number of hydrogen-bond acceptors (Lipinski definition) is 5. The summed E-state index contributed by atoms with van der Waals surface area (Å²) >= 11 is 0. The van der Waals surface area contributed by atoms with Crippen molar-refractivity contribution in [2.75, 3.05) is 23.3 Å². The molecule has 1 aliphatic heterocycles. The van der Waals surface area contributed by atoms with Crippen LogP contribution < -0.4 is 15.5 Å². The first-order valence-corrected chi connectivity index (χ1v) is 10.4. The zero-order valence-corrected chi connectivity index (χ0v) is 17.6. The Labute approximate surface area is 176 Å². The van der Waals surface area contributed by atoms with Crippen molar-refractivity contribution in [3.05, 3.63) is 47.9 Å². The number of amides is 2. The lowest BCUT2D eigenvalue weighted by Gasteiger charge is -2.14. The van der Waals surface area contributed by atoms with Crippen molar-refractivity contribution >= 4 is 23.2 Å². The van der Waals surface area contributed by atoms with E-state index in [1.807, 2.05) is 37.3 Å². The van der Waals surface area contributed by atoms with Gasteiger partial charge >= 0.3 is 6.03 Å². The van der Waals surface area contributed by atoms with Crippen molar-refractivity contribution in [3.63, 3.8) is 0 Å². The summed E-state index contributed by atoms with van der Waals surface area (Å²) in [6.45, 7) is 8.53. The Hall–Kier alpha value is -3.42. The Morgan fingerprint density at radius 2 is 1.97 bits per heavy atom. The number of unbranched alkanes of at least 4 members (excludes halogenated alkanes) is 1. The van der Waals surface area contributed by atoms with Crippen molar-refractivity contribution < 1.29 is 4.79 Å². The Balaban J connectivity index is 1.53. The van der Waals surface area contributed by atoms with Gasteiger partial charge in [-0.25, -0.2) is 14.8 Å². The molecule has 0 saturated carbocycles. The highest BCUT2D eigenvalue weighted by molar-refractivity contribution is 5.94. The van der Waals surface area contributed by atoms with Gasteiger partial charge < -0.3 is 10.6 Å². The third-order valence-electron chi connectivity index (χ3n) is 5.31. The minimum Gasteiger partial charge on any atom is -0.337 e. The van der Waals surface area contributed by atoms with Crippen LogP contribution in [-0.4, -0.2) is 38.9 Å². The Bertz CT molecular complexity index is 1040. The summed E-state index contributed by atoms with van der Waals surface area (Å²) in [4.78, 5) is 22.7. The molecule has 0 radical (unpaired) electrons. The number of aromatic nitrogens is 4. The van der Waals surface area contributed by atoms with Crippen LogP contribution in [-0.2, 0) is 6.54 Å². The fourth-order valence-corrected chi connectivity index (χ4v) is 3.61. The maximum absolute atomic E-state index is 11.8. The Morgan fingerprint density at radius 3 is 2.67 bits per heavy atom. The quantitative estimate of drug-likeness (QED) is 0.620. The average Bonchev–Trinajstić information content (AvgIpc) is 3.30. The summed E-state index contributed by atoms with van der Waals surface area (Å²) in [5, 5.41) is 10.9. The molecule has 2 aromatic heterocycles. The van der Waals surface area contributed by atoms with E-state index in [-0.39, 0.29) is 6.03 Å². The second kappa shape index (κ2) is 8.52. The van der Waals surface area contributed by atoms with Gasteiger partial charge in [0.05, 0.1) is 17.1 Å². The molecule has 3 aromatic rings. The second-order valence-electron chi connectivity index (χ2n) is 7.44. The van der Waals surface area contributed by atoms with Crippen LogP contribution in [0.25, 0.3) is 11.4 Å². The molecule has 1 aromatic carbocycles. The van der Waals surface area contributed by atoms with E-state index >= 15 is 0 Å². The molecule has 3 heterocycles. The van der Waals surface area contributed by atoms with Gasteiger partial charge in [-0.3, -0.25) is 9.58 Å². The number of rotatable bonds is 7. The number of aryl methyl sites for hydroxylation is 2. The topological polar surface area (TPSA) is 88.0 Å². The van der Waals surface area contributed by atoms with Gasteiger partial charge in [-0.15, -0.1) is 0 Å². The Kier molecular flexibility index (Phi) is 5.65. The summed E-state index contributed by atoms with van der Waals surface area (Å²) in [5.74, 6) is 1.36. The first kappa shape index (κ1) is 19.9. The SMILES string of the molecule is CCCCn1nc(C)c(Nc2ccnc(-c3ccc(N4CCNC4=O)cc3)n2)c1C. The molecule has 1 aliphatic rings. The first-order chi connectivity index (χ1) is 14.6. The summed E-state index contributed by atoms with van der Waals surface area (Å²) in [6, 6.07) is 9.54. The van der Waals surface area contributed by atoms with E-state index in [0.717, 1.165) is 53.5 Å². The largest absolute Gasteiger partial charge is 0.337 e. The van der Waals surface area contributed by atoms with Crippen LogP contribution in [0.5, 0.6) is 0 Å². The number of carbonyl (C=O) groups is 1. The molecule has 8 nitrogen and oxygen atoms in total. The normalized spacial score (nSPS) is 13.6. The lowest BCUT2D eigenvalue weighted by atomic mass is 10.2. The standard InChI is InChI=1S/C22H27N7O/c1-4-5-13-29-16(3)20(15(2)27-29)25-19-10-11-23-21(26-19)17-6-8-18(9-7-17)28-14-12-24-22(28)30/h6-11H,4-5,12-14H2,1-3H3,(H,24,30)(H,23,25,26). The molecule has 1 saturated heterocycles. The van der Waals surface area contributed by atoms with Gasteiger partial charge in [-0.1, -0.05) is 13.3 Å². The highest BCUT2D eigenvalue weighted by Crippen LogP contribution is 2.26. The summed E-state index contributed by atoms with van der Waals surface area (Å²) in [5.41, 5.74) is 4.82. The van der Waals surface area contributed by atoms with Gasteiger partial charge in [-0.2, -0.15) is 5.10 Å². The minimum atomic E-state index is -0.0598. The van der Waals surface area contributed by atoms with E-state index in [9.17, 15) is 4.79 Å². The first-order valence-electron chi connectivity index (χ1n) is 10.4. The van der Waals surface area contributed by atoms with E-state index in [0.29, 0.717) is 18.9 Å². The predicted octanol–water partition coefficient (Wildman–Crippen LogP) is 4.03. The monoisotopic (exact) mass is 405 g/mol. The van der Waals surface area contributed by atoms with Crippen LogP contribution in [0.4, 0.5) is 22.0 Å². The van der Waals surface area contributed by atoms with Crippen molar-refractivity contribution in [1.29, 1.82) is 0 Å². The van der Waals surface area contributed by atoms with E-state index in [4.69, 9.17) is 0 Å². The van der Waals surface area contributed by atoms with E-state index in [1.165, 1.54) is 0 Å². The van der Waals surface area contributed by atoms with E-state index < -0.39 is 0 Å². The summed E-state index contributed by atoms with van der Waals surface area (Å²) in [7, 11) is 0. The molecule has 30 heavy (non-hydrogen) atoms. The van der Waals surface area contributed by atoms with Gasteiger partial charge in [0.25, 0.3) is 0 Å². The van der Waals surface area contributed by atoms with E-state index in [1.54, 1.807) is 11.1 Å². The maximum atomic E-state index is 11.8. The smallest absolute Gasteiger partial charge is 0.321 e. The predicted molar refractivity (Wildman–Crippen MR) is 118 cm³/mol. The lowest BCUT2D eigenvalue weighted by molar-refractivity contribution is 0.252. The number of carbonyl (C=O) groups excluding carboxylic acids is 1. The zero-order chi connectivity index (χ0) is 21.1. The fourth-order valence-electron chi connectivity index (χ4n) is 3.61. The third-order valence-corrected chi connectivity index (χ3v) is 5.31. The molecule has 0 atom stereocenters. The Morgan fingerprint density at radius 1 is 1.17 bits per heavy atom. The van der Waals surface area contributed by atoms with Crippen LogP contribution in [0.15, 0.2) is 36.5 Å². The van der Waals surface area contributed by atoms with Crippen molar-refractivity contribution in [3.8, 4) is 11.4 Å². The minimum absolute atomic E-state index is 0.0598. The summed E-state index contributed by atoms with van der Waals surface area (Å²) in [6.07, 6.45) is 3.99. The van der Waals surface area contributed by atoms with Gasteiger partial charge in [0, 0.05) is 37.1 Å². The van der Waals surface area contributed by atoms with E-state index in [2.05, 4.69) is 44.2 Å². The zero-order valence-electron chi connectivity index (χ0n) is 17.6. The van der Waals surface area contributed by atoms with Crippen molar-refractivity contribution in [2.24, 2.45) is 0 Å².